The monoisotopic (exact) mass is 351 g/mol. The third kappa shape index (κ3) is 3.90. The molecule has 1 saturated heterocycles. The van der Waals surface area contributed by atoms with Gasteiger partial charge in [-0.05, 0) is 50.3 Å². The highest BCUT2D eigenvalue weighted by Gasteiger charge is 2.24. The molecule has 2 rings (SSSR count). The predicted molar refractivity (Wildman–Crippen MR) is 84.7 cm³/mol. The molecule has 1 heterocycles. The van der Waals surface area contributed by atoms with Crippen molar-refractivity contribution >= 4 is 33.2 Å². The van der Waals surface area contributed by atoms with Gasteiger partial charge in [-0.2, -0.15) is 0 Å². The fourth-order valence-electron chi connectivity index (χ4n) is 2.43. The lowest BCUT2D eigenvalue weighted by molar-refractivity contribution is 0.105. The Morgan fingerprint density at radius 1 is 1.38 bits per heavy atom. The van der Waals surface area contributed by atoms with Crippen LogP contribution in [0.1, 0.15) is 30.4 Å². The van der Waals surface area contributed by atoms with Crippen LogP contribution in [0, 0.1) is 13.8 Å². The fourth-order valence-corrected chi connectivity index (χ4v) is 4.69. The smallest absolute Gasteiger partial charge is 0.242 e. The number of ether oxygens (including phenoxy) is 1. The Morgan fingerprint density at radius 3 is 2.71 bits per heavy atom. The van der Waals surface area contributed by atoms with Gasteiger partial charge in [0.2, 0.25) is 10.0 Å². The zero-order valence-electron chi connectivity index (χ0n) is 12.1. The van der Waals surface area contributed by atoms with E-state index in [0.717, 1.165) is 19.4 Å². The van der Waals surface area contributed by atoms with E-state index >= 15 is 0 Å². The third-order valence-electron chi connectivity index (χ3n) is 3.64. The first kappa shape index (κ1) is 17.0. The van der Waals surface area contributed by atoms with Crippen molar-refractivity contribution in [1.82, 2.24) is 4.72 Å². The van der Waals surface area contributed by atoms with Crippen LogP contribution in [-0.2, 0) is 14.8 Å². The lowest BCUT2D eigenvalue weighted by Crippen LogP contribution is -2.28. The first-order valence-electron chi connectivity index (χ1n) is 6.89. The van der Waals surface area contributed by atoms with Crippen LogP contribution < -0.4 is 4.72 Å². The van der Waals surface area contributed by atoms with E-state index in [1.807, 2.05) is 0 Å². The van der Waals surface area contributed by atoms with Crippen molar-refractivity contribution in [1.29, 1.82) is 0 Å². The van der Waals surface area contributed by atoms with Gasteiger partial charge in [-0.1, -0.05) is 23.2 Å². The third-order valence-corrected chi connectivity index (χ3v) is 6.26. The number of rotatable bonds is 5. The van der Waals surface area contributed by atoms with E-state index in [1.54, 1.807) is 19.9 Å². The van der Waals surface area contributed by atoms with Crippen LogP contribution in [-0.4, -0.2) is 27.7 Å². The van der Waals surface area contributed by atoms with Crippen molar-refractivity contribution in [2.75, 3.05) is 13.2 Å². The molecule has 0 spiro atoms. The standard InChI is InChI=1S/C14H19Cl2NO3S/c1-9-8-12(15)10(2)14(13(9)16)21(18,19)17-6-5-11-4-3-7-20-11/h8,11,17H,3-7H2,1-2H3/t11-/m1/s1. The number of nitrogens with one attached hydrogen (secondary N) is 1. The highest BCUT2D eigenvalue weighted by Crippen LogP contribution is 2.33. The molecule has 1 aromatic carbocycles. The average molecular weight is 352 g/mol. The summed E-state index contributed by atoms with van der Waals surface area (Å²) in [5.74, 6) is 0. The molecule has 21 heavy (non-hydrogen) atoms. The molecule has 4 nitrogen and oxygen atoms in total. The summed E-state index contributed by atoms with van der Waals surface area (Å²) in [5.41, 5.74) is 1.11. The van der Waals surface area contributed by atoms with Crippen LogP contribution >= 0.6 is 23.2 Å². The Labute approximate surface area is 135 Å². The van der Waals surface area contributed by atoms with E-state index in [4.69, 9.17) is 27.9 Å². The molecule has 0 saturated carbocycles. The Kier molecular flexibility index (Phi) is 5.54. The summed E-state index contributed by atoms with van der Waals surface area (Å²) in [4.78, 5) is 0.0708. The van der Waals surface area contributed by atoms with E-state index in [-0.39, 0.29) is 16.0 Å². The minimum atomic E-state index is -3.68. The summed E-state index contributed by atoms with van der Waals surface area (Å²) in [6, 6.07) is 1.67. The molecule has 1 aliphatic rings. The van der Waals surface area contributed by atoms with Crippen molar-refractivity contribution in [2.24, 2.45) is 0 Å². The van der Waals surface area contributed by atoms with Crippen LogP contribution in [0.25, 0.3) is 0 Å². The molecule has 1 aromatic rings. The van der Waals surface area contributed by atoms with Crippen molar-refractivity contribution in [3.05, 3.63) is 27.2 Å². The van der Waals surface area contributed by atoms with Crippen LogP contribution in [0.2, 0.25) is 10.0 Å². The summed E-state index contributed by atoms with van der Waals surface area (Å²) in [6.07, 6.45) is 2.83. The molecular weight excluding hydrogens is 333 g/mol. The van der Waals surface area contributed by atoms with Gasteiger partial charge in [0.25, 0.3) is 0 Å². The summed E-state index contributed by atoms with van der Waals surface area (Å²) in [5, 5.41) is 0.623. The average Bonchev–Trinajstić information content (AvgIpc) is 2.89. The molecule has 0 aliphatic carbocycles. The second-order valence-corrected chi connectivity index (χ2v) is 7.75. The van der Waals surface area contributed by atoms with E-state index in [0.29, 0.717) is 29.1 Å². The van der Waals surface area contributed by atoms with Crippen molar-refractivity contribution < 1.29 is 13.2 Å². The molecule has 0 amide bonds. The molecule has 118 valence electrons. The highest BCUT2D eigenvalue weighted by molar-refractivity contribution is 7.89. The molecule has 0 bridgehead atoms. The van der Waals surface area contributed by atoms with Gasteiger partial charge in [0.05, 0.1) is 11.1 Å². The maximum atomic E-state index is 12.5. The molecule has 1 aliphatic heterocycles. The summed E-state index contributed by atoms with van der Waals surface area (Å²) < 4.78 is 33.0. The number of sulfonamides is 1. The van der Waals surface area contributed by atoms with Crippen LogP contribution in [0.3, 0.4) is 0 Å². The number of halogens is 2. The molecule has 1 fully saturated rings. The summed E-state index contributed by atoms with van der Waals surface area (Å²) in [6.45, 7) is 4.48. The number of hydrogen-bond acceptors (Lipinski definition) is 3. The van der Waals surface area contributed by atoms with Gasteiger partial charge in [-0.25, -0.2) is 13.1 Å². The first-order valence-corrected chi connectivity index (χ1v) is 9.13. The zero-order valence-corrected chi connectivity index (χ0v) is 14.4. The van der Waals surface area contributed by atoms with Gasteiger partial charge in [0.1, 0.15) is 4.90 Å². The summed E-state index contributed by atoms with van der Waals surface area (Å²) >= 11 is 12.2. The Balaban J connectivity index is 2.15. The molecule has 0 radical (unpaired) electrons. The maximum Gasteiger partial charge on any atom is 0.242 e. The number of aryl methyl sites for hydroxylation is 1. The zero-order chi connectivity index (χ0) is 15.6. The number of benzene rings is 1. The molecular formula is C14H19Cl2NO3S. The molecule has 0 aromatic heterocycles. The minimum absolute atomic E-state index is 0.0708. The van der Waals surface area contributed by atoms with Crippen LogP contribution in [0.15, 0.2) is 11.0 Å². The van der Waals surface area contributed by atoms with E-state index in [9.17, 15) is 8.42 Å². The highest BCUT2D eigenvalue weighted by atomic mass is 35.5. The van der Waals surface area contributed by atoms with Crippen LogP contribution in [0.4, 0.5) is 0 Å². The van der Waals surface area contributed by atoms with Gasteiger partial charge in [0.15, 0.2) is 0 Å². The Bertz CT molecular complexity index is 599. The quantitative estimate of drug-likeness (QED) is 0.883. The molecule has 0 unspecified atom stereocenters. The normalized spacial score (nSPS) is 19.1. The molecule has 7 heteroatoms. The van der Waals surface area contributed by atoms with Gasteiger partial charge in [0, 0.05) is 18.2 Å². The lowest BCUT2D eigenvalue weighted by atomic mass is 10.2. The lowest BCUT2D eigenvalue weighted by Gasteiger charge is -2.15. The Morgan fingerprint density at radius 2 is 2.10 bits per heavy atom. The maximum absolute atomic E-state index is 12.5. The van der Waals surface area contributed by atoms with E-state index < -0.39 is 10.0 Å². The second kappa shape index (κ2) is 6.84. The van der Waals surface area contributed by atoms with Gasteiger partial charge < -0.3 is 4.74 Å². The van der Waals surface area contributed by atoms with Crippen molar-refractivity contribution in [3.63, 3.8) is 0 Å². The van der Waals surface area contributed by atoms with Gasteiger partial charge >= 0.3 is 0 Å². The van der Waals surface area contributed by atoms with Gasteiger partial charge in [-0.15, -0.1) is 0 Å². The minimum Gasteiger partial charge on any atom is -0.378 e. The molecule has 1 atom stereocenters. The van der Waals surface area contributed by atoms with E-state index in [2.05, 4.69) is 4.72 Å². The SMILES string of the molecule is Cc1cc(Cl)c(C)c(S(=O)(=O)NCC[C@H]2CCCO2)c1Cl. The second-order valence-electron chi connectivity index (χ2n) is 5.26. The summed E-state index contributed by atoms with van der Waals surface area (Å²) in [7, 11) is -3.68. The Hall–Kier alpha value is -0.330. The topological polar surface area (TPSA) is 55.4 Å². The predicted octanol–water partition coefficient (Wildman–Crippen LogP) is 3.46. The largest absolute Gasteiger partial charge is 0.378 e. The van der Waals surface area contributed by atoms with Gasteiger partial charge in [-0.3, -0.25) is 0 Å². The first-order chi connectivity index (χ1) is 9.83. The van der Waals surface area contributed by atoms with Crippen molar-refractivity contribution in [2.45, 2.75) is 44.1 Å². The van der Waals surface area contributed by atoms with Crippen molar-refractivity contribution in [3.8, 4) is 0 Å². The van der Waals surface area contributed by atoms with E-state index in [1.165, 1.54) is 0 Å². The number of hydrogen-bond donors (Lipinski definition) is 1. The fraction of sp³-hybridized carbons (Fsp3) is 0.571. The molecule has 1 N–H and O–H groups in total. The van der Waals surface area contributed by atoms with Crippen LogP contribution in [0.5, 0.6) is 0 Å².